The fraction of sp³-hybridized carbons (Fsp3) is 0.818. The molecular formula is C11H22N2. The third-order valence-electron chi connectivity index (χ3n) is 2.91. The molecule has 76 valence electrons. The van der Waals surface area contributed by atoms with E-state index in [0.717, 1.165) is 6.42 Å². The number of nitrogens with zero attached hydrogens (tertiary/aromatic N) is 1. The lowest BCUT2D eigenvalue weighted by Crippen LogP contribution is -2.37. The summed E-state index contributed by atoms with van der Waals surface area (Å²) in [4.78, 5) is 2.49. The lowest BCUT2D eigenvalue weighted by molar-refractivity contribution is 0.265. The second kappa shape index (κ2) is 4.77. The van der Waals surface area contributed by atoms with E-state index in [1.54, 1.807) is 0 Å². The summed E-state index contributed by atoms with van der Waals surface area (Å²) in [6.07, 6.45) is 4.63. The summed E-state index contributed by atoms with van der Waals surface area (Å²) in [7, 11) is 0. The molecule has 0 aromatic heterocycles. The van der Waals surface area contributed by atoms with Crippen molar-refractivity contribution in [2.45, 2.75) is 45.7 Å². The van der Waals surface area contributed by atoms with Crippen LogP contribution in [0.25, 0.3) is 0 Å². The predicted octanol–water partition coefficient (Wildman–Crippen LogP) is 1.76. The van der Waals surface area contributed by atoms with Gasteiger partial charge < -0.3 is 5.73 Å². The highest BCUT2D eigenvalue weighted by molar-refractivity contribution is 4.94. The van der Waals surface area contributed by atoms with Crippen LogP contribution in [-0.4, -0.2) is 30.1 Å². The van der Waals surface area contributed by atoms with Crippen molar-refractivity contribution in [2.24, 2.45) is 5.73 Å². The molecule has 2 atom stereocenters. The van der Waals surface area contributed by atoms with Crippen LogP contribution in [0, 0.1) is 0 Å². The maximum Gasteiger partial charge on any atom is 0.0219 e. The van der Waals surface area contributed by atoms with Crippen molar-refractivity contribution in [3.63, 3.8) is 0 Å². The maximum absolute atomic E-state index is 5.94. The quantitative estimate of drug-likeness (QED) is 0.674. The molecule has 0 saturated carbocycles. The van der Waals surface area contributed by atoms with Gasteiger partial charge in [-0.15, -0.1) is 0 Å². The molecule has 0 amide bonds. The Bertz CT molecular complexity index is 183. The Morgan fingerprint density at radius 1 is 1.54 bits per heavy atom. The second-order valence-corrected chi connectivity index (χ2v) is 4.30. The zero-order chi connectivity index (χ0) is 9.84. The van der Waals surface area contributed by atoms with E-state index in [2.05, 4.69) is 31.7 Å². The van der Waals surface area contributed by atoms with Crippen LogP contribution in [-0.2, 0) is 0 Å². The van der Waals surface area contributed by atoms with Crippen LogP contribution in [0.3, 0.4) is 0 Å². The van der Waals surface area contributed by atoms with Gasteiger partial charge in [0.1, 0.15) is 0 Å². The standard InChI is InChI=1S/C11H22N2/c1-9(2)5-4-7-13-8-6-11(12)10(13)3/h5,10-11H,4,6-8,12H2,1-3H3. The highest BCUT2D eigenvalue weighted by Crippen LogP contribution is 2.15. The smallest absolute Gasteiger partial charge is 0.0219 e. The van der Waals surface area contributed by atoms with E-state index in [1.807, 2.05) is 0 Å². The Morgan fingerprint density at radius 2 is 2.23 bits per heavy atom. The molecule has 1 saturated heterocycles. The molecule has 1 heterocycles. The molecule has 0 aromatic rings. The molecule has 1 fully saturated rings. The van der Waals surface area contributed by atoms with Gasteiger partial charge in [-0.1, -0.05) is 11.6 Å². The number of hydrogen-bond acceptors (Lipinski definition) is 2. The average molecular weight is 182 g/mol. The van der Waals surface area contributed by atoms with E-state index >= 15 is 0 Å². The molecule has 2 nitrogen and oxygen atoms in total. The minimum Gasteiger partial charge on any atom is -0.326 e. The minimum absolute atomic E-state index is 0.395. The van der Waals surface area contributed by atoms with Crippen LogP contribution in [0.5, 0.6) is 0 Å². The van der Waals surface area contributed by atoms with Gasteiger partial charge in [-0.05, 0) is 33.6 Å². The molecule has 13 heavy (non-hydrogen) atoms. The number of nitrogens with two attached hydrogens (primary N) is 1. The summed E-state index contributed by atoms with van der Waals surface area (Å²) in [5.41, 5.74) is 7.36. The van der Waals surface area contributed by atoms with Crippen molar-refractivity contribution in [1.82, 2.24) is 4.90 Å². The zero-order valence-corrected chi connectivity index (χ0v) is 9.09. The number of hydrogen-bond donors (Lipinski definition) is 1. The van der Waals surface area contributed by atoms with Gasteiger partial charge in [0.2, 0.25) is 0 Å². The summed E-state index contributed by atoms with van der Waals surface area (Å²) >= 11 is 0. The normalized spacial score (nSPS) is 29.2. The van der Waals surface area contributed by atoms with E-state index < -0.39 is 0 Å². The minimum atomic E-state index is 0.395. The lowest BCUT2D eigenvalue weighted by Gasteiger charge is -2.22. The Labute approximate surface area is 81.8 Å². The third kappa shape index (κ3) is 3.12. The van der Waals surface area contributed by atoms with Crippen LogP contribution in [0.4, 0.5) is 0 Å². The average Bonchev–Trinajstić information content (AvgIpc) is 2.35. The second-order valence-electron chi connectivity index (χ2n) is 4.30. The number of rotatable bonds is 3. The monoisotopic (exact) mass is 182 g/mol. The first-order chi connectivity index (χ1) is 6.11. The summed E-state index contributed by atoms with van der Waals surface area (Å²) in [6, 6.07) is 0.970. The molecule has 0 radical (unpaired) electrons. The van der Waals surface area contributed by atoms with Crippen molar-refractivity contribution in [2.75, 3.05) is 13.1 Å². The molecule has 2 unspecified atom stereocenters. The molecule has 0 aliphatic carbocycles. The summed E-state index contributed by atoms with van der Waals surface area (Å²) < 4.78 is 0. The van der Waals surface area contributed by atoms with Crippen LogP contribution in [0.1, 0.15) is 33.6 Å². The molecule has 0 aromatic carbocycles. The summed E-state index contributed by atoms with van der Waals surface area (Å²) in [6.45, 7) is 8.89. The summed E-state index contributed by atoms with van der Waals surface area (Å²) in [5, 5.41) is 0. The van der Waals surface area contributed by atoms with Gasteiger partial charge in [0.05, 0.1) is 0 Å². The van der Waals surface area contributed by atoms with E-state index in [1.165, 1.54) is 25.1 Å². The van der Waals surface area contributed by atoms with E-state index in [0.29, 0.717) is 12.1 Å². The lowest BCUT2D eigenvalue weighted by atomic mass is 10.1. The Kier molecular flexibility index (Phi) is 3.94. The third-order valence-corrected chi connectivity index (χ3v) is 2.91. The molecule has 1 rings (SSSR count). The van der Waals surface area contributed by atoms with Crippen molar-refractivity contribution in [1.29, 1.82) is 0 Å². The Balaban J connectivity index is 2.26. The molecule has 1 aliphatic heterocycles. The zero-order valence-electron chi connectivity index (χ0n) is 9.09. The van der Waals surface area contributed by atoms with Crippen molar-refractivity contribution in [3.05, 3.63) is 11.6 Å². The fourth-order valence-electron chi connectivity index (χ4n) is 1.87. The van der Waals surface area contributed by atoms with E-state index in [4.69, 9.17) is 5.73 Å². The van der Waals surface area contributed by atoms with E-state index in [9.17, 15) is 0 Å². The largest absolute Gasteiger partial charge is 0.326 e. The van der Waals surface area contributed by atoms with Crippen LogP contribution >= 0.6 is 0 Å². The van der Waals surface area contributed by atoms with Crippen LogP contribution < -0.4 is 5.73 Å². The first kappa shape index (κ1) is 10.7. The topological polar surface area (TPSA) is 29.3 Å². The van der Waals surface area contributed by atoms with Gasteiger partial charge in [0.15, 0.2) is 0 Å². The van der Waals surface area contributed by atoms with Gasteiger partial charge >= 0.3 is 0 Å². The maximum atomic E-state index is 5.94. The summed E-state index contributed by atoms with van der Waals surface area (Å²) in [5.74, 6) is 0. The molecule has 0 spiro atoms. The Morgan fingerprint density at radius 3 is 2.69 bits per heavy atom. The molecule has 0 bridgehead atoms. The number of allylic oxidation sites excluding steroid dienone is 1. The van der Waals surface area contributed by atoms with Crippen LogP contribution in [0.15, 0.2) is 11.6 Å². The first-order valence-corrected chi connectivity index (χ1v) is 5.24. The van der Waals surface area contributed by atoms with E-state index in [-0.39, 0.29) is 0 Å². The highest BCUT2D eigenvalue weighted by atomic mass is 15.2. The molecule has 2 N–H and O–H groups in total. The van der Waals surface area contributed by atoms with Gasteiger partial charge in [0.25, 0.3) is 0 Å². The molecule has 2 heteroatoms. The Hall–Kier alpha value is -0.340. The van der Waals surface area contributed by atoms with Crippen molar-refractivity contribution < 1.29 is 0 Å². The molecular weight excluding hydrogens is 160 g/mol. The highest BCUT2D eigenvalue weighted by Gasteiger charge is 2.26. The van der Waals surface area contributed by atoms with Crippen molar-refractivity contribution in [3.8, 4) is 0 Å². The van der Waals surface area contributed by atoms with Gasteiger partial charge in [0, 0.05) is 25.2 Å². The fourth-order valence-corrected chi connectivity index (χ4v) is 1.87. The van der Waals surface area contributed by atoms with Gasteiger partial charge in [-0.2, -0.15) is 0 Å². The van der Waals surface area contributed by atoms with Crippen LogP contribution in [0.2, 0.25) is 0 Å². The number of likely N-dealkylation sites (tertiary alicyclic amines) is 1. The SMILES string of the molecule is CC(C)=CCCN1CCC(N)C1C. The molecule has 1 aliphatic rings. The first-order valence-electron chi connectivity index (χ1n) is 5.24. The van der Waals surface area contributed by atoms with Gasteiger partial charge in [-0.3, -0.25) is 4.90 Å². The predicted molar refractivity (Wildman–Crippen MR) is 57.7 cm³/mol. The van der Waals surface area contributed by atoms with Crippen molar-refractivity contribution >= 4 is 0 Å². The van der Waals surface area contributed by atoms with Gasteiger partial charge in [-0.25, -0.2) is 0 Å².